The second-order valence-corrected chi connectivity index (χ2v) is 6.31. The predicted molar refractivity (Wildman–Crippen MR) is 101 cm³/mol. The number of halogens is 1. The van der Waals surface area contributed by atoms with Crippen LogP contribution >= 0.6 is 0 Å². The van der Waals surface area contributed by atoms with E-state index in [1.165, 1.54) is 17.7 Å². The third kappa shape index (κ3) is 3.77. The molecule has 3 heterocycles. The molecule has 5 heteroatoms. The Labute approximate surface area is 151 Å². The van der Waals surface area contributed by atoms with Gasteiger partial charge >= 0.3 is 0 Å². The van der Waals surface area contributed by atoms with Crippen LogP contribution in [0.1, 0.15) is 29.7 Å². The maximum absolute atomic E-state index is 13.0. The van der Waals surface area contributed by atoms with E-state index in [1.807, 2.05) is 35.3 Å². The first kappa shape index (κ1) is 16.4. The van der Waals surface area contributed by atoms with Crippen molar-refractivity contribution < 1.29 is 4.39 Å². The number of rotatable bonds is 4. The Balaban J connectivity index is 1.56. The van der Waals surface area contributed by atoms with Gasteiger partial charge < -0.3 is 0 Å². The molecule has 0 amide bonds. The van der Waals surface area contributed by atoms with Gasteiger partial charge in [-0.15, -0.1) is 0 Å². The number of allylic oxidation sites excluding steroid dienone is 1. The van der Waals surface area contributed by atoms with E-state index in [0.717, 1.165) is 41.9 Å². The fraction of sp³-hybridized carbons (Fsp3) is 0.190. The molecule has 1 aromatic carbocycles. The van der Waals surface area contributed by atoms with Gasteiger partial charge in [-0.05, 0) is 60.4 Å². The number of pyridine rings is 1. The van der Waals surface area contributed by atoms with Gasteiger partial charge in [0.15, 0.2) is 0 Å². The summed E-state index contributed by atoms with van der Waals surface area (Å²) in [6, 6.07) is 12.5. The molecule has 0 saturated carbocycles. The van der Waals surface area contributed by atoms with E-state index in [4.69, 9.17) is 4.99 Å². The molecule has 0 unspecified atom stereocenters. The molecule has 0 N–H and O–H groups in total. The molecule has 2 aromatic heterocycles. The van der Waals surface area contributed by atoms with Crippen LogP contribution in [-0.4, -0.2) is 27.0 Å². The summed E-state index contributed by atoms with van der Waals surface area (Å²) < 4.78 is 14.9. The van der Waals surface area contributed by atoms with Crippen molar-refractivity contribution in [3.05, 3.63) is 89.3 Å². The van der Waals surface area contributed by atoms with Crippen LogP contribution in [0.3, 0.4) is 0 Å². The molecular formula is C21H19FN4. The third-order valence-electron chi connectivity index (χ3n) is 4.35. The molecule has 0 saturated heterocycles. The van der Waals surface area contributed by atoms with E-state index in [9.17, 15) is 4.39 Å². The Morgan fingerprint density at radius 1 is 1.12 bits per heavy atom. The zero-order chi connectivity index (χ0) is 17.8. The first-order valence-electron chi connectivity index (χ1n) is 8.72. The number of hydrogen-bond acceptors (Lipinski definition) is 3. The molecule has 1 aliphatic rings. The Hall–Kier alpha value is -3.08. The lowest BCUT2D eigenvalue weighted by molar-refractivity contribution is 0.624. The summed E-state index contributed by atoms with van der Waals surface area (Å²) in [6.45, 7) is 1.47. The number of aromatic nitrogens is 3. The van der Waals surface area contributed by atoms with Crippen LogP contribution in [0.4, 0.5) is 4.39 Å². The Morgan fingerprint density at radius 2 is 2.00 bits per heavy atom. The molecular weight excluding hydrogens is 327 g/mol. The van der Waals surface area contributed by atoms with Crippen LogP contribution in [0.5, 0.6) is 0 Å². The van der Waals surface area contributed by atoms with Crippen molar-refractivity contribution in [2.45, 2.75) is 19.4 Å². The maximum Gasteiger partial charge on any atom is 0.123 e. The van der Waals surface area contributed by atoms with Crippen molar-refractivity contribution in [3.63, 3.8) is 0 Å². The summed E-state index contributed by atoms with van der Waals surface area (Å²) in [5.74, 6) is -0.223. The second-order valence-electron chi connectivity index (χ2n) is 6.31. The van der Waals surface area contributed by atoms with E-state index >= 15 is 0 Å². The van der Waals surface area contributed by atoms with Crippen LogP contribution in [0.25, 0.3) is 6.08 Å². The van der Waals surface area contributed by atoms with E-state index in [2.05, 4.69) is 16.2 Å². The largest absolute Gasteiger partial charge is 0.284 e. The second kappa shape index (κ2) is 7.44. The van der Waals surface area contributed by atoms with Crippen molar-refractivity contribution in [3.8, 4) is 0 Å². The van der Waals surface area contributed by atoms with Gasteiger partial charge in [0.1, 0.15) is 5.82 Å². The fourth-order valence-corrected chi connectivity index (χ4v) is 3.10. The zero-order valence-corrected chi connectivity index (χ0v) is 14.3. The Kier molecular flexibility index (Phi) is 4.69. The summed E-state index contributed by atoms with van der Waals surface area (Å²) >= 11 is 0. The molecule has 0 spiro atoms. The minimum absolute atomic E-state index is 0.223. The summed E-state index contributed by atoms with van der Waals surface area (Å²) in [5, 5.41) is 4.63. The van der Waals surface area contributed by atoms with Crippen molar-refractivity contribution in [1.29, 1.82) is 0 Å². The zero-order valence-electron chi connectivity index (χ0n) is 14.3. The third-order valence-corrected chi connectivity index (χ3v) is 4.35. The standard InChI is InChI=1S/C21H19FN4/c22-19-7-5-16(6-8-19)15-26-12-9-20(25-26)13-17-3-2-11-24-21(17)18-4-1-10-23-14-18/h1,4-10,12-14H,2-3,11,15H2/b17-13+. The number of aliphatic imine (C=N–C) groups is 1. The average molecular weight is 346 g/mol. The topological polar surface area (TPSA) is 43.1 Å². The first-order valence-corrected chi connectivity index (χ1v) is 8.72. The highest BCUT2D eigenvalue weighted by molar-refractivity contribution is 6.15. The maximum atomic E-state index is 13.0. The van der Waals surface area contributed by atoms with Crippen molar-refractivity contribution >= 4 is 11.8 Å². The number of nitrogens with zero attached hydrogens (tertiary/aromatic N) is 4. The van der Waals surface area contributed by atoms with Crippen molar-refractivity contribution in [2.75, 3.05) is 6.54 Å². The minimum Gasteiger partial charge on any atom is -0.284 e. The van der Waals surface area contributed by atoms with E-state index in [0.29, 0.717) is 6.54 Å². The molecule has 4 nitrogen and oxygen atoms in total. The molecule has 4 rings (SSSR count). The van der Waals surface area contributed by atoms with Gasteiger partial charge in [0, 0.05) is 30.7 Å². The molecule has 0 bridgehead atoms. The first-order chi connectivity index (χ1) is 12.8. The summed E-state index contributed by atoms with van der Waals surface area (Å²) in [7, 11) is 0. The Morgan fingerprint density at radius 3 is 2.81 bits per heavy atom. The van der Waals surface area contributed by atoms with Gasteiger partial charge in [0.05, 0.1) is 18.0 Å². The van der Waals surface area contributed by atoms with Crippen LogP contribution in [0.2, 0.25) is 0 Å². The molecule has 1 aliphatic heterocycles. The van der Waals surface area contributed by atoms with Crippen molar-refractivity contribution in [1.82, 2.24) is 14.8 Å². The quantitative estimate of drug-likeness (QED) is 0.713. The van der Waals surface area contributed by atoms with Gasteiger partial charge in [-0.1, -0.05) is 12.1 Å². The van der Waals surface area contributed by atoms with Crippen LogP contribution in [-0.2, 0) is 6.54 Å². The average Bonchev–Trinajstić information content (AvgIpc) is 3.12. The van der Waals surface area contributed by atoms with E-state index in [1.54, 1.807) is 18.3 Å². The van der Waals surface area contributed by atoms with E-state index in [-0.39, 0.29) is 5.82 Å². The van der Waals surface area contributed by atoms with Gasteiger partial charge in [-0.25, -0.2) is 4.39 Å². The summed E-state index contributed by atoms with van der Waals surface area (Å²) in [4.78, 5) is 8.90. The normalized spacial score (nSPS) is 15.9. The van der Waals surface area contributed by atoms with E-state index < -0.39 is 0 Å². The summed E-state index contributed by atoms with van der Waals surface area (Å²) in [6.07, 6.45) is 9.70. The molecule has 0 aliphatic carbocycles. The van der Waals surface area contributed by atoms with Gasteiger partial charge in [-0.2, -0.15) is 5.10 Å². The van der Waals surface area contributed by atoms with Gasteiger partial charge in [-0.3, -0.25) is 14.7 Å². The highest BCUT2D eigenvalue weighted by Gasteiger charge is 2.14. The highest BCUT2D eigenvalue weighted by atomic mass is 19.1. The van der Waals surface area contributed by atoms with Crippen molar-refractivity contribution in [2.24, 2.45) is 4.99 Å². The molecule has 130 valence electrons. The molecule has 0 atom stereocenters. The lowest BCUT2D eigenvalue weighted by Gasteiger charge is -2.15. The van der Waals surface area contributed by atoms with Crippen LogP contribution in [0, 0.1) is 5.82 Å². The monoisotopic (exact) mass is 346 g/mol. The van der Waals surface area contributed by atoms with Gasteiger partial charge in [0.2, 0.25) is 0 Å². The lowest BCUT2D eigenvalue weighted by Crippen LogP contribution is -2.12. The number of benzene rings is 1. The lowest BCUT2D eigenvalue weighted by atomic mass is 9.96. The van der Waals surface area contributed by atoms with Crippen LogP contribution in [0.15, 0.2) is 71.6 Å². The fourth-order valence-electron chi connectivity index (χ4n) is 3.10. The highest BCUT2D eigenvalue weighted by Crippen LogP contribution is 2.21. The minimum atomic E-state index is -0.223. The van der Waals surface area contributed by atoms with Crippen LogP contribution < -0.4 is 0 Å². The molecule has 0 fully saturated rings. The number of hydrogen-bond donors (Lipinski definition) is 0. The molecule has 3 aromatic rings. The summed E-state index contributed by atoms with van der Waals surface area (Å²) in [5.41, 5.74) is 5.17. The SMILES string of the molecule is Fc1ccc(Cn2ccc(/C=C3\CCCN=C3c3cccnc3)n2)cc1. The Bertz CT molecular complexity index is 940. The molecule has 26 heavy (non-hydrogen) atoms. The molecule has 0 radical (unpaired) electrons. The van der Waals surface area contributed by atoms with Gasteiger partial charge in [0.25, 0.3) is 0 Å². The smallest absolute Gasteiger partial charge is 0.123 e. The predicted octanol–water partition coefficient (Wildman–Crippen LogP) is 4.13.